The van der Waals surface area contributed by atoms with E-state index in [1.807, 2.05) is 37.3 Å². The van der Waals surface area contributed by atoms with Crippen LogP contribution in [-0.4, -0.2) is 36.7 Å². The summed E-state index contributed by atoms with van der Waals surface area (Å²) in [7, 11) is 1.33. The molecular formula is C15H19NO4. The fourth-order valence-corrected chi connectivity index (χ4v) is 2.41. The average Bonchev–Trinajstić information content (AvgIpc) is 2.87. The third kappa shape index (κ3) is 3.29. The molecule has 5 heteroatoms. The van der Waals surface area contributed by atoms with E-state index in [1.165, 1.54) is 12.0 Å². The maximum atomic E-state index is 12.1. The summed E-state index contributed by atoms with van der Waals surface area (Å²) < 4.78 is 10.0. The second kappa shape index (κ2) is 6.41. The molecule has 1 saturated heterocycles. The average molecular weight is 277 g/mol. The van der Waals surface area contributed by atoms with E-state index >= 15 is 0 Å². The highest BCUT2D eigenvalue weighted by molar-refractivity contribution is 5.82. The van der Waals surface area contributed by atoms with Crippen molar-refractivity contribution in [3.8, 4) is 0 Å². The molecule has 1 aliphatic heterocycles. The molecule has 20 heavy (non-hydrogen) atoms. The third-order valence-corrected chi connectivity index (χ3v) is 3.42. The first-order valence-corrected chi connectivity index (χ1v) is 6.67. The highest BCUT2D eigenvalue weighted by Crippen LogP contribution is 2.24. The van der Waals surface area contributed by atoms with E-state index in [9.17, 15) is 9.59 Å². The Kier molecular flexibility index (Phi) is 4.61. The zero-order chi connectivity index (χ0) is 14.5. The molecule has 108 valence electrons. The molecule has 2 atom stereocenters. The third-order valence-electron chi connectivity index (χ3n) is 3.42. The van der Waals surface area contributed by atoms with Gasteiger partial charge in [0.05, 0.1) is 7.11 Å². The minimum absolute atomic E-state index is 0.207. The van der Waals surface area contributed by atoms with Gasteiger partial charge in [0.2, 0.25) is 0 Å². The second-order valence-electron chi connectivity index (χ2n) is 5.07. The SMILES string of the molecule is COC(=O)[C@@H]1C[C@H](C)CN1C(=O)OCc1ccccc1. The molecule has 0 saturated carbocycles. The Hall–Kier alpha value is -2.04. The molecule has 1 amide bonds. The molecule has 0 aromatic heterocycles. The topological polar surface area (TPSA) is 55.8 Å². The van der Waals surface area contributed by atoms with Crippen LogP contribution in [0.15, 0.2) is 30.3 Å². The van der Waals surface area contributed by atoms with Crippen molar-refractivity contribution in [2.45, 2.75) is 26.0 Å². The van der Waals surface area contributed by atoms with Gasteiger partial charge in [-0.25, -0.2) is 9.59 Å². The van der Waals surface area contributed by atoms with Gasteiger partial charge in [0, 0.05) is 6.54 Å². The number of benzene rings is 1. The summed E-state index contributed by atoms with van der Waals surface area (Å²) in [5, 5.41) is 0. The van der Waals surface area contributed by atoms with Crippen molar-refractivity contribution >= 4 is 12.1 Å². The highest BCUT2D eigenvalue weighted by atomic mass is 16.6. The number of likely N-dealkylation sites (tertiary alicyclic amines) is 1. The lowest BCUT2D eigenvalue weighted by atomic mass is 10.1. The number of esters is 1. The minimum atomic E-state index is -0.529. The van der Waals surface area contributed by atoms with Crippen LogP contribution in [0.1, 0.15) is 18.9 Å². The van der Waals surface area contributed by atoms with Crippen molar-refractivity contribution < 1.29 is 19.1 Å². The van der Waals surface area contributed by atoms with E-state index in [0.29, 0.717) is 13.0 Å². The maximum Gasteiger partial charge on any atom is 0.410 e. The van der Waals surface area contributed by atoms with Gasteiger partial charge in [-0.3, -0.25) is 4.90 Å². The normalized spacial score (nSPS) is 21.6. The summed E-state index contributed by atoms with van der Waals surface area (Å²) in [6, 6.07) is 8.92. The number of carbonyl (C=O) groups is 2. The van der Waals surface area contributed by atoms with Crippen LogP contribution in [0.4, 0.5) is 4.79 Å². The first kappa shape index (κ1) is 14.4. The number of hydrogen-bond donors (Lipinski definition) is 0. The van der Waals surface area contributed by atoms with Crippen LogP contribution in [0.2, 0.25) is 0 Å². The Bertz CT molecular complexity index is 474. The Labute approximate surface area is 118 Å². The molecule has 1 heterocycles. The Balaban J connectivity index is 1.95. The number of ether oxygens (including phenoxy) is 2. The summed E-state index contributed by atoms with van der Waals surface area (Å²) in [6.45, 7) is 2.73. The number of methoxy groups -OCH3 is 1. The monoisotopic (exact) mass is 277 g/mol. The van der Waals surface area contributed by atoms with Crippen LogP contribution in [0.25, 0.3) is 0 Å². The van der Waals surface area contributed by atoms with Gasteiger partial charge in [-0.15, -0.1) is 0 Å². The lowest BCUT2D eigenvalue weighted by Crippen LogP contribution is -2.41. The summed E-state index contributed by atoms with van der Waals surface area (Å²) >= 11 is 0. The summed E-state index contributed by atoms with van der Waals surface area (Å²) in [4.78, 5) is 25.2. The first-order valence-electron chi connectivity index (χ1n) is 6.67. The fraction of sp³-hybridized carbons (Fsp3) is 0.467. The predicted octanol–water partition coefficient (Wildman–Crippen LogP) is 2.21. The zero-order valence-corrected chi connectivity index (χ0v) is 11.7. The van der Waals surface area contributed by atoms with Crippen LogP contribution in [0.3, 0.4) is 0 Å². The van der Waals surface area contributed by atoms with E-state index in [0.717, 1.165) is 5.56 Å². The molecular weight excluding hydrogens is 258 g/mol. The summed E-state index contributed by atoms with van der Waals surface area (Å²) in [5.74, 6) is -0.116. The van der Waals surface area contributed by atoms with Gasteiger partial charge in [-0.05, 0) is 17.9 Å². The lowest BCUT2D eigenvalue weighted by Gasteiger charge is -2.21. The van der Waals surface area contributed by atoms with Gasteiger partial charge < -0.3 is 9.47 Å². The van der Waals surface area contributed by atoms with Crippen LogP contribution >= 0.6 is 0 Å². The molecule has 1 aliphatic rings. The standard InChI is InChI=1S/C15H19NO4/c1-11-8-13(14(17)19-2)16(9-11)15(18)20-10-12-6-4-3-5-7-12/h3-7,11,13H,8-10H2,1-2H3/t11-,13-/m0/s1. The molecule has 0 unspecified atom stereocenters. The van der Waals surface area contributed by atoms with Crippen molar-refractivity contribution in [3.05, 3.63) is 35.9 Å². The van der Waals surface area contributed by atoms with Gasteiger partial charge >= 0.3 is 12.1 Å². The molecule has 5 nitrogen and oxygen atoms in total. The van der Waals surface area contributed by atoms with Gasteiger partial charge in [-0.1, -0.05) is 37.3 Å². The molecule has 1 fully saturated rings. The van der Waals surface area contributed by atoms with Crippen molar-refractivity contribution in [2.24, 2.45) is 5.92 Å². The molecule has 0 aliphatic carbocycles. The lowest BCUT2D eigenvalue weighted by molar-refractivity contribution is -0.145. The van der Waals surface area contributed by atoms with E-state index in [4.69, 9.17) is 9.47 Å². The smallest absolute Gasteiger partial charge is 0.410 e. The second-order valence-corrected chi connectivity index (χ2v) is 5.07. The summed E-state index contributed by atoms with van der Waals surface area (Å²) in [6.07, 6.45) is 0.154. The summed E-state index contributed by atoms with van der Waals surface area (Å²) in [5.41, 5.74) is 0.919. The van der Waals surface area contributed by atoms with Crippen molar-refractivity contribution in [1.82, 2.24) is 4.90 Å². The van der Waals surface area contributed by atoms with Gasteiger partial charge in [0.25, 0.3) is 0 Å². The highest BCUT2D eigenvalue weighted by Gasteiger charge is 2.39. The van der Waals surface area contributed by atoms with Crippen LogP contribution in [0, 0.1) is 5.92 Å². The molecule has 0 radical (unpaired) electrons. The number of carbonyl (C=O) groups excluding carboxylic acids is 2. The predicted molar refractivity (Wildman–Crippen MR) is 72.9 cm³/mol. The van der Waals surface area contributed by atoms with Gasteiger partial charge in [-0.2, -0.15) is 0 Å². The van der Waals surface area contributed by atoms with E-state index in [-0.39, 0.29) is 18.5 Å². The number of nitrogens with zero attached hydrogens (tertiary/aromatic N) is 1. The van der Waals surface area contributed by atoms with Crippen molar-refractivity contribution in [3.63, 3.8) is 0 Å². The molecule has 0 spiro atoms. The fourth-order valence-electron chi connectivity index (χ4n) is 2.41. The maximum absolute atomic E-state index is 12.1. The van der Waals surface area contributed by atoms with E-state index < -0.39 is 12.1 Å². The number of rotatable bonds is 3. The van der Waals surface area contributed by atoms with Crippen molar-refractivity contribution in [2.75, 3.05) is 13.7 Å². The zero-order valence-electron chi connectivity index (χ0n) is 11.7. The number of hydrogen-bond acceptors (Lipinski definition) is 4. The Morgan fingerprint density at radius 1 is 1.30 bits per heavy atom. The van der Waals surface area contributed by atoms with Crippen LogP contribution < -0.4 is 0 Å². The Morgan fingerprint density at radius 3 is 2.65 bits per heavy atom. The van der Waals surface area contributed by atoms with E-state index in [2.05, 4.69) is 0 Å². The first-order chi connectivity index (χ1) is 9.61. The molecule has 2 rings (SSSR count). The van der Waals surface area contributed by atoms with E-state index in [1.54, 1.807) is 0 Å². The van der Waals surface area contributed by atoms with Gasteiger partial charge in [0.1, 0.15) is 12.6 Å². The largest absolute Gasteiger partial charge is 0.467 e. The van der Waals surface area contributed by atoms with Gasteiger partial charge in [0.15, 0.2) is 0 Å². The molecule has 1 aromatic rings. The Morgan fingerprint density at radius 2 is 2.00 bits per heavy atom. The van der Waals surface area contributed by atoms with Crippen LogP contribution in [-0.2, 0) is 20.9 Å². The van der Waals surface area contributed by atoms with Crippen molar-refractivity contribution in [1.29, 1.82) is 0 Å². The number of amides is 1. The molecule has 0 bridgehead atoms. The minimum Gasteiger partial charge on any atom is -0.467 e. The van der Waals surface area contributed by atoms with Crippen LogP contribution in [0.5, 0.6) is 0 Å². The quantitative estimate of drug-likeness (QED) is 0.795. The molecule has 0 N–H and O–H groups in total. The molecule has 1 aromatic carbocycles.